The van der Waals surface area contributed by atoms with E-state index >= 15 is 0 Å². The molecule has 0 aromatic carbocycles. The number of hydrogen-bond acceptors (Lipinski definition) is 3. The molecule has 3 fully saturated rings. The van der Waals surface area contributed by atoms with Crippen molar-refractivity contribution in [3.05, 3.63) is 0 Å². The number of ether oxygens (including phenoxy) is 1. The quantitative estimate of drug-likeness (QED) is 0.844. The van der Waals surface area contributed by atoms with Crippen LogP contribution < -0.4 is 5.32 Å². The van der Waals surface area contributed by atoms with E-state index in [0.717, 1.165) is 17.7 Å². The summed E-state index contributed by atoms with van der Waals surface area (Å²) in [5.74, 6) is 2.06. The number of rotatable bonds is 2. The van der Waals surface area contributed by atoms with Gasteiger partial charge in [-0.15, -0.1) is 0 Å². The van der Waals surface area contributed by atoms with Gasteiger partial charge >= 0.3 is 0 Å². The monoisotopic (exact) mass is 282 g/mol. The lowest BCUT2D eigenvalue weighted by molar-refractivity contribution is 0.0952. The van der Waals surface area contributed by atoms with Crippen LogP contribution in [-0.4, -0.2) is 35.2 Å². The second kappa shape index (κ2) is 5.65. The fourth-order valence-corrected chi connectivity index (χ4v) is 5.01. The molecule has 4 unspecified atom stereocenters. The standard InChI is InChI=1S/C15H26N2OS/c1-11-5-3-7-15(9-11)10-19-14(17-15)16-12(2)13-6-4-8-18-13/h11-13H,3-10H2,1-2H3,(H,16,17). The minimum Gasteiger partial charge on any atom is -0.376 e. The summed E-state index contributed by atoms with van der Waals surface area (Å²) < 4.78 is 5.73. The van der Waals surface area contributed by atoms with Crippen LogP contribution in [0, 0.1) is 5.92 Å². The van der Waals surface area contributed by atoms with Crippen LogP contribution in [-0.2, 0) is 4.74 Å². The molecule has 0 aromatic heterocycles. The summed E-state index contributed by atoms with van der Waals surface area (Å²) in [6.07, 6.45) is 8.10. The molecular formula is C15H26N2OS. The zero-order valence-corrected chi connectivity index (χ0v) is 13.0. The molecule has 0 radical (unpaired) electrons. The Morgan fingerprint density at radius 1 is 1.42 bits per heavy atom. The highest BCUT2D eigenvalue weighted by Crippen LogP contribution is 2.39. The smallest absolute Gasteiger partial charge is 0.157 e. The van der Waals surface area contributed by atoms with Crippen molar-refractivity contribution < 1.29 is 4.74 Å². The van der Waals surface area contributed by atoms with E-state index in [-0.39, 0.29) is 0 Å². The molecule has 19 heavy (non-hydrogen) atoms. The zero-order chi connectivity index (χ0) is 13.3. The molecule has 2 heterocycles. The van der Waals surface area contributed by atoms with Gasteiger partial charge in [0.1, 0.15) is 0 Å². The van der Waals surface area contributed by atoms with Crippen molar-refractivity contribution in [3.8, 4) is 0 Å². The molecule has 2 aliphatic heterocycles. The first-order valence-corrected chi connectivity index (χ1v) is 8.76. The number of amidine groups is 1. The molecule has 1 aliphatic carbocycles. The van der Waals surface area contributed by atoms with Gasteiger partial charge in [0.25, 0.3) is 0 Å². The van der Waals surface area contributed by atoms with Gasteiger partial charge in [-0.2, -0.15) is 0 Å². The Bertz CT molecular complexity index is 354. The van der Waals surface area contributed by atoms with Crippen molar-refractivity contribution in [3.63, 3.8) is 0 Å². The zero-order valence-electron chi connectivity index (χ0n) is 12.2. The number of aliphatic imine (C=N–C) groups is 1. The average molecular weight is 282 g/mol. The number of thioether (sulfide) groups is 1. The molecule has 0 bridgehead atoms. The fourth-order valence-electron chi connectivity index (χ4n) is 3.73. The lowest BCUT2D eigenvalue weighted by atomic mass is 9.78. The van der Waals surface area contributed by atoms with E-state index in [0.29, 0.717) is 17.7 Å². The highest BCUT2D eigenvalue weighted by molar-refractivity contribution is 8.14. The van der Waals surface area contributed by atoms with E-state index < -0.39 is 0 Å². The van der Waals surface area contributed by atoms with Gasteiger partial charge in [-0.25, -0.2) is 0 Å². The summed E-state index contributed by atoms with van der Waals surface area (Å²) >= 11 is 1.92. The molecule has 4 heteroatoms. The SMILES string of the molecule is CC1CCCC2(CSC(=NC(C)C3CCCO3)N2)C1. The first-order valence-electron chi connectivity index (χ1n) is 7.77. The average Bonchev–Trinajstić information content (AvgIpc) is 3.00. The van der Waals surface area contributed by atoms with Gasteiger partial charge in [-0.05, 0) is 38.5 Å². The Labute approximate surface area is 121 Å². The number of nitrogens with one attached hydrogen (secondary N) is 1. The molecule has 0 aromatic rings. The second-order valence-electron chi connectivity index (χ2n) is 6.62. The molecule has 3 nitrogen and oxygen atoms in total. The van der Waals surface area contributed by atoms with Gasteiger partial charge in [-0.1, -0.05) is 31.5 Å². The molecule has 4 atom stereocenters. The maximum Gasteiger partial charge on any atom is 0.157 e. The van der Waals surface area contributed by atoms with Crippen LogP contribution in [0.1, 0.15) is 52.4 Å². The number of hydrogen-bond donors (Lipinski definition) is 1. The Balaban J connectivity index is 1.61. The Morgan fingerprint density at radius 3 is 3.05 bits per heavy atom. The highest BCUT2D eigenvalue weighted by atomic mass is 32.2. The Morgan fingerprint density at radius 2 is 2.32 bits per heavy atom. The highest BCUT2D eigenvalue weighted by Gasteiger charge is 2.40. The van der Waals surface area contributed by atoms with Gasteiger partial charge in [0, 0.05) is 17.9 Å². The topological polar surface area (TPSA) is 33.6 Å². The van der Waals surface area contributed by atoms with Gasteiger partial charge in [-0.3, -0.25) is 4.99 Å². The van der Waals surface area contributed by atoms with Gasteiger partial charge < -0.3 is 10.1 Å². The molecule has 0 amide bonds. The first-order chi connectivity index (χ1) is 9.17. The molecule has 108 valence electrons. The normalized spacial score (nSPS) is 42.7. The summed E-state index contributed by atoms with van der Waals surface area (Å²) in [5.41, 5.74) is 0.345. The summed E-state index contributed by atoms with van der Waals surface area (Å²) in [7, 11) is 0. The Hall–Kier alpha value is -0.220. The predicted molar refractivity (Wildman–Crippen MR) is 81.8 cm³/mol. The van der Waals surface area contributed by atoms with Crippen molar-refractivity contribution in [2.45, 2.75) is 70.1 Å². The largest absolute Gasteiger partial charge is 0.376 e. The van der Waals surface area contributed by atoms with E-state index in [4.69, 9.17) is 9.73 Å². The third-order valence-corrected chi connectivity index (χ3v) is 5.95. The van der Waals surface area contributed by atoms with Crippen LogP contribution in [0.25, 0.3) is 0 Å². The lowest BCUT2D eigenvalue weighted by Crippen LogP contribution is -2.47. The van der Waals surface area contributed by atoms with Crippen LogP contribution in [0.3, 0.4) is 0 Å². The summed E-state index contributed by atoms with van der Waals surface area (Å²) in [6.45, 7) is 5.50. The molecule has 3 aliphatic rings. The Kier molecular flexibility index (Phi) is 4.08. The summed E-state index contributed by atoms with van der Waals surface area (Å²) in [6, 6.07) is 0.300. The third-order valence-electron chi connectivity index (χ3n) is 4.77. The van der Waals surface area contributed by atoms with E-state index in [9.17, 15) is 0 Å². The van der Waals surface area contributed by atoms with E-state index in [1.807, 2.05) is 11.8 Å². The van der Waals surface area contributed by atoms with Crippen LogP contribution >= 0.6 is 11.8 Å². The van der Waals surface area contributed by atoms with Crippen LogP contribution in [0.5, 0.6) is 0 Å². The van der Waals surface area contributed by atoms with Crippen LogP contribution in [0.2, 0.25) is 0 Å². The third kappa shape index (κ3) is 3.10. The molecular weight excluding hydrogens is 256 g/mol. The van der Waals surface area contributed by atoms with Crippen LogP contribution in [0.15, 0.2) is 4.99 Å². The molecule has 1 saturated carbocycles. The van der Waals surface area contributed by atoms with E-state index in [1.165, 1.54) is 44.3 Å². The van der Waals surface area contributed by atoms with Gasteiger partial charge in [0.2, 0.25) is 0 Å². The summed E-state index contributed by atoms with van der Waals surface area (Å²) in [4.78, 5) is 4.88. The van der Waals surface area contributed by atoms with Crippen molar-refractivity contribution in [2.24, 2.45) is 10.9 Å². The second-order valence-corrected chi connectivity index (χ2v) is 7.59. The maximum absolute atomic E-state index is 5.73. The van der Waals surface area contributed by atoms with Crippen molar-refractivity contribution in [1.29, 1.82) is 0 Å². The fraction of sp³-hybridized carbons (Fsp3) is 0.933. The van der Waals surface area contributed by atoms with E-state index in [2.05, 4.69) is 19.2 Å². The number of nitrogens with zero attached hydrogens (tertiary/aromatic N) is 1. The first kappa shape index (κ1) is 13.7. The van der Waals surface area contributed by atoms with E-state index in [1.54, 1.807) is 0 Å². The van der Waals surface area contributed by atoms with Gasteiger partial charge in [0.15, 0.2) is 5.17 Å². The molecule has 1 N–H and O–H groups in total. The maximum atomic E-state index is 5.73. The molecule has 2 saturated heterocycles. The van der Waals surface area contributed by atoms with Crippen molar-refractivity contribution in [1.82, 2.24) is 5.32 Å². The van der Waals surface area contributed by atoms with Crippen molar-refractivity contribution in [2.75, 3.05) is 12.4 Å². The van der Waals surface area contributed by atoms with Crippen LogP contribution in [0.4, 0.5) is 0 Å². The summed E-state index contributed by atoms with van der Waals surface area (Å²) in [5, 5.41) is 4.91. The molecule has 1 spiro atoms. The molecule has 3 rings (SSSR count). The van der Waals surface area contributed by atoms with Gasteiger partial charge in [0.05, 0.1) is 12.1 Å². The minimum atomic E-state index is 0.300. The minimum absolute atomic E-state index is 0.300. The van der Waals surface area contributed by atoms with Crippen molar-refractivity contribution >= 4 is 16.9 Å². The lowest BCUT2D eigenvalue weighted by Gasteiger charge is -2.36. The predicted octanol–water partition coefficient (Wildman–Crippen LogP) is 3.20.